The van der Waals surface area contributed by atoms with Gasteiger partial charge in [-0.05, 0) is 57.2 Å². The molecule has 1 atom stereocenters. The van der Waals surface area contributed by atoms with Crippen molar-refractivity contribution >= 4 is 22.0 Å². The predicted octanol–water partition coefficient (Wildman–Crippen LogP) is 4.62. The average molecular weight is 351 g/mol. The maximum atomic E-state index is 12.3. The van der Waals surface area contributed by atoms with E-state index in [1.54, 1.807) is 20.8 Å². The maximum Gasteiger partial charge on any atom is 0.424 e. The minimum absolute atomic E-state index is 0.238. The molecule has 1 aliphatic rings. The highest BCUT2D eigenvalue weighted by Crippen LogP contribution is 2.45. The second-order valence-electron chi connectivity index (χ2n) is 6.28. The van der Waals surface area contributed by atoms with Crippen molar-refractivity contribution in [2.75, 3.05) is 0 Å². The number of ether oxygens (including phenoxy) is 1. The second kappa shape index (κ2) is 6.07. The lowest BCUT2D eigenvalue weighted by Gasteiger charge is -2.28. The van der Waals surface area contributed by atoms with Crippen molar-refractivity contribution in [2.45, 2.75) is 45.3 Å². The lowest BCUT2D eigenvalue weighted by molar-refractivity contribution is 0.0266. The van der Waals surface area contributed by atoms with E-state index in [0.717, 1.165) is 22.9 Å². The highest BCUT2D eigenvalue weighted by atomic mass is 79.9. The molecule has 2 rings (SSSR count). The number of nitrogens with zero attached hydrogens (tertiary/aromatic N) is 2. The Hall–Kier alpha value is -1.54. The van der Waals surface area contributed by atoms with Gasteiger partial charge in [0.2, 0.25) is 0 Å². The molecule has 1 fully saturated rings. The molecule has 1 aromatic rings. The van der Waals surface area contributed by atoms with E-state index in [2.05, 4.69) is 15.9 Å². The van der Waals surface area contributed by atoms with E-state index in [1.165, 1.54) is 4.90 Å². The summed E-state index contributed by atoms with van der Waals surface area (Å²) in [6, 6.07) is 7.51. The van der Waals surface area contributed by atoms with Gasteiger partial charge in [-0.2, -0.15) is 5.26 Å². The lowest BCUT2D eigenvalue weighted by atomic mass is 10.0. The molecule has 0 radical (unpaired) electrons. The minimum Gasteiger partial charge on any atom is -0.443 e. The molecule has 1 saturated carbocycles. The van der Waals surface area contributed by atoms with Crippen LogP contribution >= 0.6 is 15.9 Å². The third-order valence-electron chi connectivity index (χ3n) is 3.26. The standard InChI is InChI=1S/C16H19BrN2O2/c1-16(2,3)21-15(20)19(10-18)14(11-4-5-11)12-6-8-13(17)9-7-12/h6-9,11,14H,4-5H2,1-3H3. The summed E-state index contributed by atoms with van der Waals surface area (Å²) in [5.74, 6) is 0.332. The fraction of sp³-hybridized carbons (Fsp3) is 0.500. The third-order valence-corrected chi connectivity index (χ3v) is 3.78. The first kappa shape index (κ1) is 15.8. The number of nitriles is 1. The molecular formula is C16H19BrN2O2. The number of carbonyl (C=O) groups is 1. The number of carbonyl (C=O) groups excluding carboxylic acids is 1. The fourth-order valence-electron chi connectivity index (χ4n) is 2.23. The molecule has 0 heterocycles. The molecule has 0 aliphatic heterocycles. The Labute approximate surface area is 133 Å². The molecule has 4 nitrogen and oxygen atoms in total. The molecule has 1 amide bonds. The fourth-order valence-corrected chi connectivity index (χ4v) is 2.50. The number of hydrogen-bond acceptors (Lipinski definition) is 3. The maximum absolute atomic E-state index is 12.3. The summed E-state index contributed by atoms with van der Waals surface area (Å²) in [5.41, 5.74) is 0.355. The van der Waals surface area contributed by atoms with E-state index in [4.69, 9.17) is 4.74 Å². The van der Waals surface area contributed by atoms with E-state index in [0.29, 0.717) is 5.92 Å². The quantitative estimate of drug-likeness (QED) is 0.590. The first-order valence-corrected chi connectivity index (χ1v) is 7.78. The van der Waals surface area contributed by atoms with Crippen LogP contribution in [0.5, 0.6) is 0 Å². The molecule has 112 valence electrons. The third kappa shape index (κ3) is 4.21. The number of halogens is 1. The Balaban J connectivity index is 2.25. The zero-order chi connectivity index (χ0) is 15.6. The molecule has 1 aromatic carbocycles. The molecule has 0 aromatic heterocycles. The van der Waals surface area contributed by atoms with Crippen molar-refractivity contribution in [3.05, 3.63) is 34.3 Å². The minimum atomic E-state index is -0.611. The molecule has 21 heavy (non-hydrogen) atoms. The van der Waals surface area contributed by atoms with Gasteiger partial charge in [0, 0.05) is 4.47 Å². The Morgan fingerprint density at radius 3 is 2.38 bits per heavy atom. The largest absolute Gasteiger partial charge is 0.443 e. The number of benzene rings is 1. The van der Waals surface area contributed by atoms with Crippen LogP contribution in [0.3, 0.4) is 0 Å². The highest BCUT2D eigenvalue weighted by Gasteiger charge is 2.40. The van der Waals surface area contributed by atoms with Crippen LogP contribution in [0.1, 0.15) is 45.2 Å². The van der Waals surface area contributed by atoms with E-state index in [-0.39, 0.29) is 6.04 Å². The van der Waals surface area contributed by atoms with Gasteiger partial charge in [-0.1, -0.05) is 28.1 Å². The predicted molar refractivity (Wildman–Crippen MR) is 83.3 cm³/mol. The topological polar surface area (TPSA) is 53.3 Å². The highest BCUT2D eigenvalue weighted by molar-refractivity contribution is 9.10. The van der Waals surface area contributed by atoms with Crippen molar-refractivity contribution in [3.63, 3.8) is 0 Å². The molecule has 0 N–H and O–H groups in total. The molecule has 1 unspecified atom stereocenters. The first-order chi connectivity index (χ1) is 9.81. The summed E-state index contributed by atoms with van der Waals surface area (Å²) in [6.07, 6.45) is 3.49. The van der Waals surface area contributed by atoms with Crippen LogP contribution in [0, 0.1) is 17.4 Å². The Kier molecular flexibility index (Phi) is 4.58. The SMILES string of the molecule is CC(C)(C)OC(=O)N(C#N)C(c1ccc(Br)cc1)C1CC1. The summed E-state index contributed by atoms with van der Waals surface area (Å²) in [7, 11) is 0. The molecule has 1 aliphatic carbocycles. The van der Waals surface area contributed by atoms with Crippen molar-refractivity contribution in [2.24, 2.45) is 5.92 Å². The van der Waals surface area contributed by atoms with Gasteiger partial charge in [-0.25, -0.2) is 9.69 Å². The number of amides is 1. The monoisotopic (exact) mass is 350 g/mol. The van der Waals surface area contributed by atoms with Crippen molar-refractivity contribution < 1.29 is 9.53 Å². The van der Waals surface area contributed by atoms with Gasteiger partial charge in [0.05, 0.1) is 6.04 Å². The molecule has 0 spiro atoms. The van der Waals surface area contributed by atoms with Crippen LogP contribution < -0.4 is 0 Å². The van der Waals surface area contributed by atoms with Crippen LogP contribution in [0.4, 0.5) is 4.79 Å². The summed E-state index contributed by atoms with van der Waals surface area (Å²) in [4.78, 5) is 13.4. The van der Waals surface area contributed by atoms with Crippen LogP contribution in [0.15, 0.2) is 28.7 Å². The second-order valence-corrected chi connectivity index (χ2v) is 7.20. The summed E-state index contributed by atoms with van der Waals surface area (Å²) in [5, 5.41) is 9.42. The van der Waals surface area contributed by atoms with Crippen LogP contribution in [0.2, 0.25) is 0 Å². The van der Waals surface area contributed by atoms with Crippen LogP contribution in [0.25, 0.3) is 0 Å². The zero-order valence-corrected chi connectivity index (χ0v) is 14.1. The van der Waals surface area contributed by atoms with Gasteiger partial charge >= 0.3 is 6.09 Å². The first-order valence-electron chi connectivity index (χ1n) is 6.99. The van der Waals surface area contributed by atoms with Gasteiger partial charge in [0.15, 0.2) is 6.19 Å². The molecule has 0 bridgehead atoms. The average Bonchev–Trinajstić information content (AvgIpc) is 3.19. The van der Waals surface area contributed by atoms with E-state index in [9.17, 15) is 10.1 Å². The lowest BCUT2D eigenvalue weighted by Crippen LogP contribution is -2.37. The van der Waals surface area contributed by atoms with Crippen molar-refractivity contribution in [1.82, 2.24) is 4.90 Å². The van der Waals surface area contributed by atoms with Gasteiger partial charge in [-0.15, -0.1) is 0 Å². The Morgan fingerprint density at radius 2 is 1.95 bits per heavy atom. The van der Waals surface area contributed by atoms with E-state index in [1.807, 2.05) is 30.5 Å². The smallest absolute Gasteiger partial charge is 0.424 e. The summed E-state index contributed by atoms with van der Waals surface area (Å²) < 4.78 is 6.32. The van der Waals surface area contributed by atoms with E-state index < -0.39 is 11.7 Å². The van der Waals surface area contributed by atoms with Gasteiger partial charge in [0.1, 0.15) is 5.60 Å². The van der Waals surface area contributed by atoms with Gasteiger partial charge in [0.25, 0.3) is 0 Å². The Morgan fingerprint density at radius 1 is 1.38 bits per heavy atom. The van der Waals surface area contributed by atoms with Gasteiger partial charge < -0.3 is 4.74 Å². The van der Waals surface area contributed by atoms with Crippen molar-refractivity contribution in [3.8, 4) is 6.19 Å². The number of rotatable bonds is 3. The molecule has 5 heteroatoms. The van der Waals surface area contributed by atoms with Crippen LogP contribution in [-0.2, 0) is 4.74 Å². The normalized spacial score (nSPS) is 16.0. The number of hydrogen-bond donors (Lipinski definition) is 0. The molecular weight excluding hydrogens is 332 g/mol. The molecule has 0 saturated heterocycles. The van der Waals surface area contributed by atoms with Crippen LogP contribution in [-0.4, -0.2) is 16.6 Å². The Bertz CT molecular complexity index is 553. The summed E-state index contributed by atoms with van der Waals surface area (Å²) in [6.45, 7) is 5.39. The zero-order valence-electron chi connectivity index (χ0n) is 12.5. The van der Waals surface area contributed by atoms with Gasteiger partial charge in [-0.3, -0.25) is 0 Å². The van der Waals surface area contributed by atoms with Crippen molar-refractivity contribution in [1.29, 1.82) is 5.26 Å². The summed E-state index contributed by atoms with van der Waals surface area (Å²) >= 11 is 3.40. The van der Waals surface area contributed by atoms with E-state index >= 15 is 0 Å².